The lowest BCUT2D eigenvalue weighted by atomic mass is 10.0. The van der Waals surface area contributed by atoms with Gasteiger partial charge in [0.15, 0.2) is 5.76 Å². The van der Waals surface area contributed by atoms with Crippen molar-refractivity contribution in [3.8, 4) is 28.3 Å². The Kier molecular flexibility index (Phi) is 4.85. The van der Waals surface area contributed by atoms with Crippen LogP contribution in [0.15, 0.2) is 53.1 Å². The van der Waals surface area contributed by atoms with Gasteiger partial charge in [-0.05, 0) is 49.9 Å². The molecule has 1 saturated carbocycles. The van der Waals surface area contributed by atoms with Crippen LogP contribution in [0.25, 0.3) is 22.6 Å². The molecular weight excluding hydrogens is 378 g/mol. The molecule has 3 aromatic rings. The largest absolute Gasteiger partial charge is 0.489 e. The summed E-state index contributed by atoms with van der Waals surface area (Å²) in [5, 5.41) is 13.7. The second kappa shape index (κ2) is 7.32. The van der Waals surface area contributed by atoms with Crippen LogP contribution < -0.4 is 4.74 Å². The third-order valence-corrected chi connectivity index (χ3v) is 5.13. The number of aromatic nitrogens is 1. The third kappa shape index (κ3) is 3.76. The Labute approximate surface area is 167 Å². The fraction of sp³-hybridized carbons (Fsp3) is 0.273. The Morgan fingerprint density at radius 1 is 1.18 bits per heavy atom. The average molecular weight is 398 g/mol. The molecule has 4 rings (SSSR count). The first-order valence-corrected chi connectivity index (χ1v) is 9.56. The Balaban J connectivity index is 1.52. The van der Waals surface area contributed by atoms with Crippen molar-refractivity contribution in [2.75, 3.05) is 0 Å². The van der Waals surface area contributed by atoms with E-state index in [0.29, 0.717) is 28.6 Å². The molecule has 0 bridgehead atoms. The highest BCUT2D eigenvalue weighted by molar-refractivity contribution is 6.32. The van der Waals surface area contributed by atoms with Gasteiger partial charge in [0, 0.05) is 17.2 Å². The van der Waals surface area contributed by atoms with Crippen molar-refractivity contribution in [3.05, 3.63) is 59.1 Å². The summed E-state index contributed by atoms with van der Waals surface area (Å²) in [4.78, 5) is 11.0. The number of benzene rings is 2. The Morgan fingerprint density at radius 3 is 2.50 bits per heavy atom. The average Bonchev–Trinajstić information content (AvgIpc) is 3.32. The molecule has 1 heterocycles. The van der Waals surface area contributed by atoms with Gasteiger partial charge in [0.05, 0.1) is 17.0 Å². The molecule has 5 nitrogen and oxygen atoms in total. The molecule has 0 saturated heterocycles. The van der Waals surface area contributed by atoms with E-state index in [4.69, 9.17) is 26.0 Å². The van der Waals surface area contributed by atoms with E-state index in [0.717, 1.165) is 16.7 Å². The summed E-state index contributed by atoms with van der Waals surface area (Å²) in [6.45, 7) is 3.90. The zero-order chi connectivity index (χ0) is 19.8. The molecule has 0 amide bonds. The minimum absolute atomic E-state index is 0.0476. The van der Waals surface area contributed by atoms with E-state index in [1.165, 1.54) is 0 Å². The summed E-state index contributed by atoms with van der Waals surface area (Å²) in [7, 11) is 0. The monoisotopic (exact) mass is 397 g/mol. The Morgan fingerprint density at radius 2 is 1.89 bits per heavy atom. The number of carboxylic acid groups (broad SMARTS) is 1. The first kappa shape index (κ1) is 18.6. The van der Waals surface area contributed by atoms with Crippen LogP contribution in [0, 0.1) is 5.92 Å². The lowest BCUT2D eigenvalue weighted by molar-refractivity contribution is -0.138. The number of rotatable bonds is 6. The zero-order valence-corrected chi connectivity index (χ0v) is 16.3. The molecule has 2 atom stereocenters. The number of hydrogen-bond donors (Lipinski definition) is 1. The predicted octanol–water partition coefficient (Wildman–Crippen LogP) is 5.64. The zero-order valence-electron chi connectivity index (χ0n) is 15.6. The molecule has 144 valence electrons. The van der Waals surface area contributed by atoms with Crippen molar-refractivity contribution in [1.82, 2.24) is 5.16 Å². The first-order chi connectivity index (χ1) is 13.4. The Bertz CT molecular complexity index is 1010. The van der Waals surface area contributed by atoms with E-state index in [2.05, 4.69) is 5.16 Å². The van der Waals surface area contributed by atoms with E-state index in [1.807, 2.05) is 62.4 Å². The van der Waals surface area contributed by atoms with E-state index in [-0.39, 0.29) is 17.9 Å². The van der Waals surface area contributed by atoms with Crippen LogP contribution >= 0.6 is 11.6 Å². The second-order valence-corrected chi connectivity index (χ2v) is 7.70. The van der Waals surface area contributed by atoms with Crippen molar-refractivity contribution >= 4 is 17.6 Å². The van der Waals surface area contributed by atoms with Gasteiger partial charge in [-0.1, -0.05) is 41.0 Å². The number of ether oxygens (including phenoxy) is 1. The van der Waals surface area contributed by atoms with Crippen molar-refractivity contribution in [2.45, 2.75) is 32.3 Å². The van der Waals surface area contributed by atoms with Gasteiger partial charge in [0.25, 0.3) is 0 Å². The van der Waals surface area contributed by atoms with Gasteiger partial charge in [-0.2, -0.15) is 0 Å². The van der Waals surface area contributed by atoms with Crippen LogP contribution in [0.4, 0.5) is 0 Å². The summed E-state index contributed by atoms with van der Waals surface area (Å²) in [5.74, 6) is 0.420. The van der Waals surface area contributed by atoms with Gasteiger partial charge < -0.3 is 14.4 Å². The third-order valence-electron chi connectivity index (χ3n) is 4.83. The normalized spacial score (nSPS) is 18.3. The fourth-order valence-corrected chi connectivity index (χ4v) is 3.51. The van der Waals surface area contributed by atoms with E-state index in [1.54, 1.807) is 0 Å². The molecule has 6 heteroatoms. The molecule has 0 radical (unpaired) electrons. The quantitative estimate of drug-likeness (QED) is 0.582. The van der Waals surface area contributed by atoms with Gasteiger partial charge in [-0.25, -0.2) is 0 Å². The number of hydrogen-bond acceptors (Lipinski definition) is 4. The van der Waals surface area contributed by atoms with Crippen molar-refractivity contribution < 1.29 is 19.2 Å². The van der Waals surface area contributed by atoms with Gasteiger partial charge in [-0.3, -0.25) is 4.79 Å². The van der Waals surface area contributed by atoms with Crippen molar-refractivity contribution in [3.63, 3.8) is 0 Å². The smallest absolute Gasteiger partial charge is 0.307 e. The maximum Gasteiger partial charge on any atom is 0.307 e. The highest BCUT2D eigenvalue weighted by Crippen LogP contribution is 2.47. The number of nitrogens with zero attached hydrogens (tertiary/aromatic N) is 1. The number of halogens is 1. The topological polar surface area (TPSA) is 72.6 Å². The maximum absolute atomic E-state index is 11.0. The van der Waals surface area contributed by atoms with Gasteiger partial charge >= 0.3 is 5.97 Å². The van der Waals surface area contributed by atoms with Crippen LogP contribution in [0.1, 0.15) is 31.7 Å². The number of carboxylic acids is 1. The van der Waals surface area contributed by atoms with Gasteiger partial charge in [-0.15, -0.1) is 0 Å². The minimum atomic E-state index is -0.725. The number of carbonyl (C=O) groups is 1. The summed E-state index contributed by atoms with van der Waals surface area (Å²) in [5.41, 5.74) is 3.46. The molecule has 1 N–H and O–H groups in total. The van der Waals surface area contributed by atoms with E-state index >= 15 is 0 Å². The molecule has 1 fully saturated rings. The highest BCUT2D eigenvalue weighted by atomic mass is 35.5. The summed E-state index contributed by atoms with van der Waals surface area (Å²) < 4.78 is 11.2. The fourth-order valence-electron chi connectivity index (χ4n) is 3.29. The summed E-state index contributed by atoms with van der Waals surface area (Å²) >= 11 is 6.31. The standard InChI is InChI=1S/C22H20ClNO4/c1-12(2)27-20-8-7-15(9-18(20)23)19-11-21(28-24-19)14-5-3-13(4-6-14)16-10-17(16)22(25)26/h3-9,11-12,16-17H,10H2,1-2H3,(H,25,26). The van der Waals surface area contributed by atoms with Gasteiger partial charge in [0.2, 0.25) is 0 Å². The first-order valence-electron chi connectivity index (χ1n) is 9.19. The van der Waals surface area contributed by atoms with Crippen LogP contribution in [-0.4, -0.2) is 22.3 Å². The lowest BCUT2D eigenvalue weighted by Crippen LogP contribution is -2.05. The van der Waals surface area contributed by atoms with E-state index < -0.39 is 5.97 Å². The molecule has 1 aromatic heterocycles. The molecule has 1 aliphatic rings. The molecule has 2 aromatic carbocycles. The van der Waals surface area contributed by atoms with Gasteiger partial charge in [0.1, 0.15) is 11.4 Å². The second-order valence-electron chi connectivity index (χ2n) is 7.30. The van der Waals surface area contributed by atoms with Crippen LogP contribution in [0.5, 0.6) is 5.75 Å². The minimum Gasteiger partial charge on any atom is -0.489 e. The van der Waals surface area contributed by atoms with Crippen LogP contribution in [0.2, 0.25) is 5.02 Å². The highest BCUT2D eigenvalue weighted by Gasteiger charge is 2.44. The molecule has 2 unspecified atom stereocenters. The molecule has 0 spiro atoms. The van der Waals surface area contributed by atoms with Crippen LogP contribution in [0.3, 0.4) is 0 Å². The van der Waals surface area contributed by atoms with Crippen LogP contribution in [-0.2, 0) is 4.79 Å². The molecular formula is C22H20ClNO4. The van der Waals surface area contributed by atoms with Crippen molar-refractivity contribution in [1.29, 1.82) is 0 Å². The SMILES string of the molecule is CC(C)Oc1ccc(-c2cc(-c3ccc(C4CC4C(=O)O)cc3)on2)cc1Cl. The number of aliphatic carboxylic acids is 1. The summed E-state index contributed by atoms with van der Waals surface area (Å²) in [6.07, 6.45) is 0.754. The Hall–Kier alpha value is -2.79. The summed E-state index contributed by atoms with van der Waals surface area (Å²) in [6, 6.07) is 15.2. The molecule has 0 aliphatic heterocycles. The molecule has 28 heavy (non-hydrogen) atoms. The van der Waals surface area contributed by atoms with Crippen molar-refractivity contribution in [2.24, 2.45) is 5.92 Å². The molecule has 1 aliphatic carbocycles. The predicted molar refractivity (Wildman–Crippen MR) is 107 cm³/mol. The lowest BCUT2D eigenvalue weighted by Gasteiger charge is -2.11. The maximum atomic E-state index is 11.0. The van der Waals surface area contributed by atoms with E-state index in [9.17, 15) is 4.79 Å².